The van der Waals surface area contributed by atoms with Gasteiger partial charge in [0.05, 0.1) is 0 Å². The van der Waals surface area contributed by atoms with E-state index in [2.05, 4.69) is 10.1 Å². The van der Waals surface area contributed by atoms with Crippen LogP contribution in [0.25, 0.3) is 11.5 Å². The lowest BCUT2D eigenvalue weighted by Gasteiger charge is -2.02. The van der Waals surface area contributed by atoms with Crippen molar-refractivity contribution in [2.45, 2.75) is 32.8 Å². The topological polar surface area (TPSA) is 59.2 Å². The van der Waals surface area contributed by atoms with Crippen molar-refractivity contribution < 1.29 is 9.63 Å². The zero-order valence-corrected chi connectivity index (χ0v) is 11.1. The highest BCUT2D eigenvalue weighted by atomic mass is 35.5. The molecule has 0 aliphatic heterocycles. The Labute approximate surface area is 111 Å². The average molecular weight is 267 g/mol. The molecule has 4 nitrogen and oxygen atoms in total. The van der Waals surface area contributed by atoms with E-state index >= 15 is 0 Å². The molecule has 0 spiro atoms. The smallest absolute Gasteiger partial charge is 0.258 e. The summed E-state index contributed by atoms with van der Waals surface area (Å²) in [5.41, 5.74) is 1.68. The number of benzene rings is 1. The van der Waals surface area contributed by atoms with Crippen molar-refractivity contribution in [3.8, 4) is 11.5 Å². The summed E-state index contributed by atoms with van der Waals surface area (Å²) in [6.45, 7) is 3.88. The number of aromatic nitrogens is 2. The Kier molecular flexibility index (Phi) is 3.99. The summed E-state index contributed by atoms with van der Waals surface area (Å²) in [6.07, 6.45) is 0.807. The largest absolute Gasteiger partial charge is 0.385 e. The molecule has 96 valence electrons. The Bertz CT molecular complexity index is 540. The normalized spacial score (nSPS) is 12.7. The lowest BCUT2D eigenvalue weighted by Crippen LogP contribution is -1.98. The van der Waals surface area contributed by atoms with Gasteiger partial charge < -0.3 is 9.63 Å². The molecule has 0 saturated carbocycles. The van der Waals surface area contributed by atoms with Gasteiger partial charge in [-0.3, -0.25) is 0 Å². The van der Waals surface area contributed by atoms with Gasteiger partial charge in [0.1, 0.15) is 6.10 Å². The Hall–Kier alpha value is -1.39. The Balaban J connectivity index is 2.32. The summed E-state index contributed by atoms with van der Waals surface area (Å²) in [7, 11) is 0. The minimum Gasteiger partial charge on any atom is -0.385 e. The quantitative estimate of drug-likeness (QED) is 0.920. The molecule has 1 atom stereocenters. The van der Waals surface area contributed by atoms with Gasteiger partial charge in [0.15, 0.2) is 0 Å². The van der Waals surface area contributed by atoms with E-state index in [9.17, 15) is 5.11 Å². The molecule has 2 aromatic rings. The van der Waals surface area contributed by atoms with Crippen molar-refractivity contribution in [1.29, 1.82) is 0 Å². The first kappa shape index (κ1) is 13.1. The molecule has 0 aliphatic carbocycles. The van der Waals surface area contributed by atoms with Gasteiger partial charge in [0.2, 0.25) is 5.82 Å². The summed E-state index contributed by atoms with van der Waals surface area (Å²) in [5.74, 6) is 0.714. The Morgan fingerprint density at radius 2 is 2.22 bits per heavy atom. The monoisotopic (exact) mass is 266 g/mol. The molecule has 1 N–H and O–H groups in total. The van der Waals surface area contributed by atoms with Crippen molar-refractivity contribution >= 4 is 11.6 Å². The van der Waals surface area contributed by atoms with Crippen LogP contribution in [0, 0.1) is 6.92 Å². The Morgan fingerprint density at radius 3 is 2.94 bits per heavy atom. The van der Waals surface area contributed by atoms with Crippen molar-refractivity contribution in [1.82, 2.24) is 10.1 Å². The van der Waals surface area contributed by atoms with Crippen LogP contribution in [-0.4, -0.2) is 15.2 Å². The van der Waals surface area contributed by atoms with Gasteiger partial charge >= 0.3 is 0 Å². The highest BCUT2D eigenvalue weighted by Gasteiger charge is 2.17. The molecule has 0 amide bonds. The highest BCUT2D eigenvalue weighted by molar-refractivity contribution is 6.31. The van der Waals surface area contributed by atoms with E-state index in [1.54, 1.807) is 0 Å². The summed E-state index contributed by atoms with van der Waals surface area (Å²) in [5, 5.41) is 14.3. The van der Waals surface area contributed by atoms with Gasteiger partial charge in [-0.05, 0) is 31.0 Å². The van der Waals surface area contributed by atoms with Gasteiger partial charge in [-0.1, -0.05) is 36.2 Å². The van der Waals surface area contributed by atoms with Crippen LogP contribution in [0.4, 0.5) is 0 Å². The lowest BCUT2D eigenvalue weighted by atomic mass is 10.1. The van der Waals surface area contributed by atoms with Gasteiger partial charge in [-0.2, -0.15) is 4.98 Å². The minimum absolute atomic E-state index is 0.325. The fourth-order valence-electron chi connectivity index (χ4n) is 1.72. The molecule has 2 rings (SSSR count). The van der Waals surface area contributed by atoms with Crippen molar-refractivity contribution in [2.24, 2.45) is 0 Å². The second-order valence-electron chi connectivity index (χ2n) is 4.17. The van der Waals surface area contributed by atoms with Crippen molar-refractivity contribution in [2.75, 3.05) is 0 Å². The van der Waals surface area contributed by atoms with E-state index < -0.39 is 6.10 Å². The number of halogens is 1. The molecule has 18 heavy (non-hydrogen) atoms. The summed E-state index contributed by atoms with van der Waals surface area (Å²) < 4.78 is 5.17. The molecule has 0 aliphatic rings. The molecule has 0 radical (unpaired) electrons. The molecular formula is C13H15ClN2O2. The van der Waals surface area contributed by atoms with Gasteiger partial charge in [-0.25, -0.2) is 0 Å². The first-order valence-corrected chi connectivity index (χ1v) is 6.28. The maximum absolute atomic E-state index is 9.79. The summed E-state index contributed by atoms with van der Waals surface area (Å²) >= 11 is 6.04. The summed E-state index contributed by atoms with van der Waals surface area (Å²) in [6, 6.07) is 5.51. The van der Waals surface area contributed by atoms with E-state index in [0.717, 1.165) is 17.5 Å². The van der Waals surface area contributed by atoms with Crippen LogP contribution in [0.2, 0.25) is 5.02 Å². The van der Waals surface area contributed by atoms with Crippen LogP contribution in [0.5, 0.6) is 0 Å². The van der Waals surface area contributed by atoms with Gasteiger partial charge in [-0.15, -0.1) is 0 Å². The van der Waals surface area contributed by atoms with Crippen molar-refractivity contribution in [3.63, 3.8) is 0 Å². The molecule has 0 saturated heterocycles. The van der Waals surface area contributed by atoms with E-state index in [-0.39, 0.29) is 0 Å². The van der Waals surface area contributed by atoms with Gasteiger partial charge in [0.25, 0.3) is 5.89 Å². The second-order valence-corrected chi connectivity index (χ2v) is 4.58. The number of aliphatic hydroxyl groups excluding tert-OH is 1. The highest BCUT2D eigenvalue weighted by Crippen LogP contribution is 2.28. The standard InChI is InChI=1S/C13H15ClN2O2/c1-3-5-11(17)12-15-13(18-16-12)9-6-4-7-10(14)8(9)2/h4,6-7,11,17H,3,5H2,1-2H3. The predicted molar refractivity (Wildman–Crippen MR) is 69.3 cm³/mol. The third-order valence-electron chi connectivity index (χ3n) is 2.80. The first-order valence-electron chi connectivity index (χ1n) is 5.90. The van der Waals surface area contributed by atoms with Gasteiger partial charge in [0, 0.05) is 10.6 Å². The zero-order chi connectivity index (χ0) is 13.1. The second kappa shape index (κ2) is 5.50. The third-order valence-corrected chi connectivity index (χ3v) is 3.21. The molecule has 0 fully saturated rings. The Morgan fingerprint density at radius 1 is 1.44 bits per heavy atom. The number of hydrogen-bond donors (Lipinski definition) is 1. The maximum Gasteiger partial charge on any atom is 0.258 e. The van der Waals surface area contributed by atoms with Crippen LogP contribution in [0.15, 0.2) is 22.7 Å². The number of hydrogen-bond acceptors (Lipinski definition) is 4. The van der Waals surface area contributed by atoms with Crippen molar-refractivity contribution in [3.05, 3.63) is 34.6 Å². The van der Waals surface area contributed by atoms with E-state index in [0.29, 0.717) is 23.2 Å². The lowest BCUT2D eigenvalue weighted by molar-refractivity contribution is 0.153. The third kappa shape index (κ3) is 2.54. The van der Waals surface area contributed by atoms with Crippen LogP contribution in [-0.2, 0) is 0 Å². The van der Waals surface area contributed by atoms with E-state index in [1.165, 1.54) is 0 Å². The molecular weight excluding hydrogens is 252 g/mol. The van der Waals surface area contributed by atoms with Crippen LogP contribution >= 0.6 is 11.6 Å². The van der Waals surface area contributed by atoms with Crippen LogP contribution < -0.4 is 0 Å². The fourth-order valence-corrected chi connectivity index (χ4v) is 1.90. The van der Waals surface area contributed by atoms with E-state index in [4.69, 9.17) is 16.1 Å². The minimum atomic E-state index is -0.674. The summed E-state index contributed by atoms with van der Waals surface area (Å²) in [4.78, 5) is 4.21. The number of nitrogens with zero attached hydrogens (tertiary/aromatic N) is 2. The maximum atomic E-state index is 9.79. The average Bonchev–Trinajstić information content (AvgIpc) is 2.82. The first-order chi connectivity index (χ1) is 8.63. The predicted octanol–water partition coefficient (Wildman–Crippen LogP) is 3.53. The zero-order valence-electron chi connectivity index (χ0n) is 10.4. The number of aliphatic hydroxyl groups is 1. The molecule has 1 aromatic carbocycles. The molecule has 0 bridgehead atoms. The molecule has 1 unspecified atom stereocenters. The van der Waals surface area contributed by atoms with Crippen LogP contribution in [0.3, 0.4) is 0 Å². The fraction of sp³-hybridized carbons (Fsp3) is 0.385. The van der Waals surface area contributed by atoms with E-state index in [1.807, 2.05) is 32.0 Å². The number of rotatable bonds is 4. The molecule has 1 heterocycles. The molecule has 5 heteroatoms. The molecule has 1 aromatic heterocycles. The SMILES string of the molecule is CCCC(O)c1noc(-c2cccc(Cl)c2C)n1. The van der Waals surface area contributed by atoms with Crippen LogP contribution in [0.1, 0.15) is 37.3 Å².